The van der Waals surface area contributed by atoms with Crippen LogP contribution >= 0.6 is 15.9 Å². The smallest absolute Gasteiger partial charge is 0.0305 e. The molecule has 1 aromatic rings. The van der Waals surface area contributed by atoms with Crippen molar-refractivity contribution in [1.82, 2.24) is 0 Å². The number of halogens is 1. The van der Waals surface area contributed by atoms with Crippen LogP contribution in [-0.2, 0) is 3.95 Å². The second-order valence-corrected chi connectivity index (χ2v) is 8.28. The highest BCUT2D eigenvalue weighted by Crippen LogP contribution is 2.25. The van der Waals surface area contributed by atoms with Gasteiger partial charge in [-0.3, -0.25) is 0 Å². The van der Waals surface area contributed by atoms with Crippen LogP contribution in [0.25, 0.3) is 0 Å². The van der Waals surface area contributed by atoms with Crippen LogP contribution in [0.15, 0.2) is 30.3 Å². The van der Waals surface area contributed by atoms with Gasteiger partial charge in [0.05, 0.1) is 0 Å². The molecule has 0 aliphatic heterocycles. The predicted octanol–water partition coefficient (Wildman–Crippen LogP) is 1.62. The molecule has 0 aliphatic carbocycles. The van der Waals surface area contributed by atoms with E-state index in [1.165, 1.54) is 5.56 Å². The second-order valence-electron chi connectivity index (χ2n) is 2.84. The highest BCUT2D eigenvalue weighted by atomic mass is 79.9. The molecule has 0 heterocycles. The van der Waals surface area contributed by atoms with Crippen molar-refractivity contribution in [1.29, 1.82) is 0 Å². The summed E-state index contributed by atoms with van der Waals surface area (Å²) in [4.78, 5) is 0. The fraction of sp³-hybridized carbons (Fsp3) is 0.250. The minimum Gasteiger partial charge on any atom is -0.0852 e. The Balaban J connectivity index is 2.97. The van der Waals surface area contributed by atoms with Crippen LogP contribution in [-0.4, -0.2) is 10.2 Å². The van der Waals surface area contributed by atoms with E-state index >= 15 is 0 Å². The van der Waals surface area contributed by atoms with Crippen LogP contribution in [0.3, 0.4) is 0 Å². The molecule has 54 valence electrons. The van der Waals surface area contributed by atoms with Gasteiger partial charge in [0.2, 0.25) is 0 Å². The zero-order valence-corrected chi connectivity index (χ0v) is 9.85. The maximum absolute atomic E-state index is 3.65. The zero-order chi connectivity index (χ0) is 7.61. The van der Waals surface area contributed by atoms with E-state index in [0.717, 1.165) is 10.2 Å². The van der Waals surface area contributed by atoms with Gasteiger partial charge < -0.3 is 0 Å². The van der Waals surface area contributed by atoms with Crippen LogP contribution in [0, 0.1) is 0 Å². The predicted molar refractivity (Wildman–Crippen MR) is 52.7 cm³/mol. The lowest BCUT2D eigenvalue weighted by Gasteiger charge is -2.15. The van der Waals surface area contributed by atoms with Gasteiger partial charge >= 0.3 is 0 Å². The molecular weight excluding hydrogens is 204 g/mol. The minimum absolute atomic E-state index is 0.244. The summed E-state index contributed by atoms with van der Waals surface area (Å²) in [6, 6.07) is 10.5. The number of hydrogen-bond acceptors (Lipinski definition) is 0. The van der Waals surface area contributed by atoms with Crippen molar-refractivity contribution in [3.8, 4) is 0 Å². The summed E-state index contributed by atoms with van der Waals surface area (Å²) in [5.41, 5.74) is 1.38. The number of alkyl halides is 1. The summed E-state index contributed by atoms with van der Waals surface area (Å²) >= 11 is 3.65. The van der Waals surface area contributed by atoms with E-state index in [4.69, 9.17) is 0 Å². The molecule has 2 heteroatoms. The average Bonchev–Trinajstić information content (AvgIpc) is 1.88. The van der Waals surface area contributed by atoms with E-state index in [-0.39, 0.29) is 3.95 Å². The van der Waals surface area contributed by atoms with Crippen LogP contribution < -0.4 is 0 Å². The highest BCUT2D eigenvalue weighted by molar-refractivity contribution is 9.10. The Labute approximate surface area is 73.2 Å². The first-order valence-corrected chi connectivity index (χ1v) is 5.14. The van der Waals surface area contributed by atoms with Crippen LogP contribution in [0.4, 0.5) is 0 Å². The largest absolute Gasteiger partial charge is 0.0852 e. The first-order chi connectivity index (χ1) is 4.61. The molecular formula is C8H11BrSi. The first-order valence-electron chi connectivity index (χ1n) is 3.35. The molecule has 0 fully saturated rings. The molecule has 0 aromatic heterocycles. The Kier molecular flexibility index (Phi) is 2.31. The Hall–Kier alpha value is -0.0831. The fourth-order valence-corrected chi connectivity index (χ4v) is 1.43. The van der Waals surface area contributed by atoms with Crippen molar-refractivity contribution in [2.24, 2.45) is 0 Å². The average molecular weight is 215 g/mol. The highest BCUT2D eigenvalue weighted by Gasteiger charge is 2.13. The Morgan fingerprint density at radius 3 is 2.10 bits per heavy atom. The third-order valence-electron chi connectivity index (χ3n) is 1.46. The summed E-state index contributed by atoms with van der Waals surface area (Å²) in [5, 5.41) is 0. The summed E-state index contributed by atoms with van der Waals surface area (Å²) in [7, 11) is 1.13. The van der Waals surface area contributed by atoms with Gasteiger partial charge in [-0.1, -0.05) is 46.3 Å². The topological polar surface area (TPSA) is 0 Å². The van der Waals surface area contributed by atoms with Crippen molar-refractivity contribution in [3.63, 3.8) is 0 Å². The molecule has 1 aromatic carbocycles. The minimum atomic E-state index is 0.244. The molecule has 0 nitrogen and oxygen atoms in total. The molecule has 0 radical (unpaired) electrons. The standard InChI is InChI=1S/C8H11BrSi/c1-8(9,10)7-5-3-2-4-6-7/h2-6H,1,10H3. The van der Waals surface area contributed by atoms with Crippen molar-refractivity contribution >= 4 is 26.2 Å². The van der Waals surface area contributed by atoms with E-state index in [1.54, 1.807) is 0 Å². The molecule has 0 N–H and O–H groups in total. The van der Waals surface area contributed by atoms with E-state index in [0.29, 0.717) is 0 Å². The molecule has 1 atom stereocenters. The number of hydrogen-bond donors (Lipinski definition) is 0. The van der Waals surface area contributed by atoms with Crippen molar-refractivity contribution in [2.75, 3.05) is 0 Å². The number of benzene rings is 1. The summed E-state index contributed by atoms with van der Waals surface area (Å²) in [6.45, 7) is 2.20. The van der Waals surface area contributed by atoms with Gasteiger partial charge in [-0.25, -0.2) is 0 Å². The molecule has 0 saturated heterocycles. The lowest BCUT2D eigenvalue weighted by atomic mass is 10.2. The van der Waals surface area contributed by atoms with Crippen molar-refractivity contribution in [3.05, 3.63) is 35.9 Å². The Morgan fingerprint density at radius 1 is 1.30 bits per heavy atom. The van der Waals surface area contributed by atoms with E-state index < -0.39 is 0 Å². The normalized spacial score (nSPS) is 16.6. The Bertz CT molecular complexity index is 200. The molecule has 10 heavy (non-hydrogen) atoms. The van der Waals surface area contributed by atoms with Crippen LogP contribution in [0.5, 0.6) is 0 Å². The third kappa shape index (κ3) is 1.96. The van der Waals surface area contributed by atoms with Crippen LogP contribution in [0.1, 0.15) is 12.5 Å². The van der Waals surface area contributed by atoms with E-state index in [1.807, 2.05) is 6.07 Å². The molecule has 0 amide bonds. The fourth-order valence-electron chi connectivity index (χ4n) is 0.834. The molecule has 0 aliphatic rings. The maximum atomic E-state index is 3.65. The quantitative estimate of drug-likeness (QED) is 0.493. The van der Waals surface area contributed by atoms with Gasteiger partial charge in [0.1, 0.15) is 0 Å². The van der Waals surface area contributed by atoms with Gasteiger partial charge in [-0.15, -0.1) is 0 Å². The van der Waals surface area contributed by atoms with Gasteiger partial charge in [0.25, 0.3) is 0 Å². The third-order valence-corrected chi connectivity index (χ3v) is 2.50. The van der Waals surface area contributed by atoms with Crippen molar-refractivity contribution in [2.45, 2.75) is 10.9 Å². The Morgan fingerprint density at radius 2 is 1.80 bits per heavy atom. The lowest BCUT2D eigenvalue weighted by Crippen LogP contribution is -2.11. The second kappa shape index (κ2) is 2.89. The zero-order valence-electron chi connectivity index (χ0n) is 6.26. The molecule has 1 unspecified atom stereocenters. The SMILES string of the molecule is CC([SiH3])(Br)c1ccccc1. The van der Waals surface area contributed by atoms with Gasteiger partial charge in [-0.05, 0) is 12.5 Å². The van der Waals surface area contributed by atoms with Gasteiger partial charge in [0, 0.05) is 14.2 Å². The molecule has 1 rings (SSSR count). The monoisotopic (exact) mass is 214 g/mol. The molecule has 0 bridgehead atoms. The van der Waals surface area contributed by atoms with Gasteiger partial charge in [-0.2, -0.15) is 0 Å². The maximum Gasteiger partial charge on any atom is 0.0305 e. The summed E-state index contributed by atoms with van der Waals surface area (Å²) in [6.07, 6.45) is 0. The lowest BCUT2D eigenvalue weighted by molar-refractivity contribution is 1.02. The van der Waals surface area contributed by atoms with E-state index in [2.05, 4.69) is 47.1 Å². The van der Waals surface area contributed by atoms with Gasteiger partial charge in [0.15, 0.2) is 0 Å². The van der Waals surface area contributed by atoms with Crippen molar-refractivity contribution < 1.29 is 0 Å². The summed E-state index contributed by atoms with van der Waals surface area (Å²) < 4.78 is 0.244. The van der Waals surface area contributed by atoms with E-state index in [9.17, 15) is 0 Å². The number of rotatable bonds is 1. The molecule has 0 spiro atoms. The van der Waals surface area contributed by atoms with Crippen LogP contribution in [0.2, 0.25) is 0 Å². The summed E-state index contributed by atoms with van der Waals surface area (Å²) in [5.74, 6) is 0. The first kappa shape index (κ1) is 8.02. The molecule has 0 saturated carbocycles.